The zero-order valence-electron chi connectivity index (χ0n) is 17.6. The van der Waals surface area contributed by atoms with E-state index in [9.17, 15) is 13.2 Å². The van der Waals surface area contributed by atoms with Crippen molar-refractivity contribution in [2.45, 2.75) is 57.0 Å². The van der Waals surface area contributed by atoms with Gasteiger partial charge in [0.1, 0.15) is 30.2 Å². The fourth-order valence-electron chi connectivity index (χ4n) is 4.11. The quantitative estimate of drug-likeness (QED) is 0.504. The number of aromatic nitrogens is 4. The molecule has 8 nitrogen and oxygen atoms in total. The minimum Gasteiger partial charge on any atom is -0.374 e. The van der Waals surface area contributed by atoms with E-state index < -0.39 is 42.1 Å². The number of halogens is 4. The molecule has 1 aromatic carbocycles. The van der Waals surface area contributed by atoms with E-state index in [2.05, 4.69) is 15.0 Å². The van der Waals surface area contributed by atoms with Crippen LogP contribution in [-0.2, 0) is 31.7 Å². The van der Waals surface area contributed by atoms with Crippen molar-refractivity contribution >= 4 is 22.8 Å². The lowest BCUT2D eigenvalue weighted by Crippen LogP contribution is -2.32. The highest BCUT2D eigenvalue weighted by molar-refractivity contribution is 6.33. The first-order valence-electron chi connectivity index (χ1n) is 10.2. The second-order valence-corrected chi connectivity index (χ2v) is 8.69. The van der Waals surface area contributed by atoms with E-state index in [1.54, 1.807) is 10.9 Å². The Kier molecular flexibility index (Phi) is 5.57. The van der Waals surface area contributed by atoms with Gasteiger partial charge in [-0.15, -0.1) is 0 Å². The van der Waals surface area contributed by atoms with Crippen LogP contribution in [0.3, 0.4) is 0 Å². The first kappa shape index (κ1) is 22.5. The fourth-order valence-corrected chi connectivity index (χ4v) is 4.29. The van der Waals surface area contributed by atoms with E-state index in [-0.39, 0.29) is 18.4 Å². The summed E-state index contributed by atoms with van der Waals surface area (Å²) in [5.41, 5.74) is 0.856. The highest BCUT2D eigenvalue weighted by Crippen LogP contribution is 2.44. The zero-order valence-corrected chi connectivity index (χ0v) is 18.4. The van der Waals surface area contributed by atoms with Crippen LogP contribution >= 0.6 is 11.6 Å². The van der Waals surface area contributed by atoms with Crippen LogP contribution in [0.1, 0.15) is 31.2 Å². The van der Waals surface area contributed by atoms with E-state index in [0.717, 1.165) is 12.1 Å². The van der Waals surface area contributed by atoms with Gasteiger partial charge in [0.2, 0.25) is 0 Å². The number of imidazole rings is 1. The molecule has 3 aromatic rings. The summed E-state index contributed by atoms with van der Waals surface area (Å²) in [6.07, 6.45) is -3.42. The molecule has 2 aliphatic rings. The van der Waals surface area contributed by atoms with Crippen molar-refractivity contribution in [3.63, 3.8) is 0 Å². The number of fused-ring (bicyclic) bond motifs is 2. The number of ether oxygens (including phenoxy) is 4. The number of nitrogens with zero attached hydrogens (tertiary/aromatic N) is 4. The van der Waals surface area contributed by atoms with Crippen LogP contribution in [-0.4, -0.2) is 50.2 Å². The summed E-state index contributed by atoms with van der Waals surface area (Å²) < 4.78 is 64.1. The van der Waals surface area contributed by atoms with Crippen LogP contribution in [0.5, 0.6) is 0 Å². The molecule has 4 atom stereocenters. The van der Waals surface area contributed by atoms with Gasteiger partial charge in [0.15, 0.2) is 22.8 Å². The van der Waals surface area contributed by atoms with Gasteiger partial charge in [0, 0.05) is 0 Å². The lowest BCUT2D eigenvalue weighted by atomic mass is 10.1. The van der Waals surface area contributed by atoms with Gasteiger partial charge in [-0.1, -0.05) is 23.7 Å². The molecular weight excluding hydrogens is 465 g/mol. The van der Waals surface area contributed by atoms with Gasteiger partial charge in [-0.2, -0.15) is 13.2 Å². The third-order valence-electron chi connectivity index (χ3n) is 5.55. The number of alkyl halides is 3. The predicted molar refractivity (Wildman–Crippen MR) is 109 cm³/mol. The molecule has 0 spiro atoms. The average molecular weight is 485 g/mol. The number of hydrogen-bond donors (Lipinski definition) is 0. The molecule has 2 aromatic heterocycles. The molecule has 4 heterocycles. The Labute approximate surface area is 191 Å². The van der Waals surface area contributed by atoms with Gasteiger partial charge in [0.25, 0.3) is 0 Å². The topological polar surface area (TPSA) is 80.5 Å². The molecule has 0 radical (unpaired) electrons. The van der Waals surface area contributed by atoms with Crippen molar-refractivity contribution in [3.8, 4) is 0 Å². The predicted octanol–water partition coefficient (Wildman–Crippen LogP) is 4.13. The largest absolute Gasteiger partial charge is 0.416 e. The number of rotatable bonds is 5. The summed E-state index contributed by atoms with van der Waals surface area (Å²) in [4.78, 5) is 12.5. The standard InChI is InChI=1S/C21H20ClF3N4O4/c1-20(2)32-15-13(8-30-7-11-3-5-12(6-4-11)21(23,24)25)31-19(16(15)33-20)29-10-28-14-17(22)26-9-27-18(14)29/h3-6,9-10,13,15-16,19H,7-8H2,1-2H3/t13-,15-,16-,19-/m1/s1. The third-order valence-corrected chi connectivity index (χ3v) is 5.82. The highest BCUT2D eigenvalue weighted by atomic mass is 35.5. The van der Waals surface area contributed by atoms with E-state index in [0.29, 0.717) is 16.7 Å². The van der Waals surface area contributed by atoms with Crippen molar-refractivity contribution in [3.05, 3.63) is 53.2 Å². The summed E-state index contributed by atoms with van der Waals surface area (Å²) >= 11 is 6.12. The smallest absolute Gasteiger partial charge is 0.374 e. The number of benzene rings is 1. The molecule has 0 N–H and O–H groups in total. The van der Waals surface area contributed by atoms with Crippen LogP contribution in [0, 0.1) is 0 Å². The second kappa shape index (κ2) is 8.17. The summed E-state index contributed by atoms with van der Waals surface area (Å²) in [5.74, 6) is -0.827. The molecule has 0 bridgehead atoms. The van der Waals surface area contributed by atoms with E-state index in [4.69, 9.17) is 30.5 Å². The van der Waals surface area contributed by atoms with Crippen LogP contribution in [0.25, 0.3) is 11.2 Å². The zero-order chi connectivity index (χ0) is 23.4. The fraction of sp³-hybridized carbons (Fsp3) is 0.476. The third kappa shape index (κ3) is 4.31. The normalized spacial score (nSPS) is 26.7. The van der Waals surface area contributed by atoms with E-state index in [1.165, 1.54) is 18.5 Å². The molecular formula is C21H20ClF3N4O4. The minimum absolute atomic E-state index is 0.126. The van der Waals surface area contributed by atoms with E-state index in [1.807, 2.05) is 13.8 Å². The summed E-state index contributed by atoms with van der Waals surface area (Å²) in [6.45, 7) is 3.91. The first-order chi connectivity index (χ1) is 15.6. The molecule has 33 heavy (non-hydrogen) atoms. The minimum atomic E-state index is -4.37. The maximum atomic E-state index is 12.7. The highest BCUT2D eigenvalue weighted by Gasteiger charge is 2.56. The van der Waals surface area contributed by atoms with Crippen molar-refractivity contribution < 1.29 is 32.1 Å². The molecule has 2 saturated heterocycles. The van der Waals surface area contributed by atoms with Crippen LogP contribution < -0.4 is 0 Å². The van der Waals surface area contributed by atoms with Gasteiger partial charge < -0.3 is 18.9 Å². The van der Waals surface area contributed by atoms with E-state index >= 15 is 0 Å². The summed E-state index contributed by atoms with van der Waals surface area (Å²) in [7, 11) is 0. The molecule has 5 rings (SSSR count). The molecule has 176 valence electrons. The molecule has 0 amide bonds. The van der Waals surface area contributed by atoms with Gasteiger partial charge >= 0.3 is 6.18 Å². The number of hydrogen-bond acceptors (Lipinski definition) is 7. The maximum absolute atomic E-state index is 12.7. The molecule has 0 saturated carbocycles. The Balaban J connectivity index is 1.30. The SMILES string of the molecule is CC1(C)O[C@@H]2[C@H](O1)[C@@H](COCc1ccc(C(F)(F)F)cc1)O[C@H]2n1cnc2c(Cl)ncnc21. The Hall–Kier alpha value is -2.31. The molecule has 2 aliphatic heterocycles. The van der Waals surface area contributed by atoms with Crippen LogP contribution in [0.2, 0.25) is 5.15 Å². The van der Waals surface area contributed by atoms with Crippen LogP contribution in [0.4, 0.5) is 13.2 Å². The first-order valence-corrected chi connectivity index (χ1v) is 10.6. The Morgan fingerprint density at radius 3 is 2.55 bits per heavy atom. The average Bonchev–Trinajstić information content (AvgIpc) is 3.40. The maximum Gasteiger partial charge on any atom is 0.416 e. The molecule has 12 heteroatoms. The van der Waals surface area contributed by atoms with Gasteiger partial charge in [0.05, 0.1) is 25.1 Å². The van der Waals surface area contributed by atoms with Crippen molar-refractivity contribution in [1.29, 1.82) is 0 Å². The second-order valence-electron chi connectivity index (χ2n) is 8.33. The molecule has 0 unspecified atom stereocenters. The Morgan fingerprint density at radius 2 is 1.82 bits per heavy atom. The van der Waals surface area contributed by atoms with Crippen molar-refractivity contribution in [1.82, 2.24) is 19.5 Å². The molecule has 2 fully saturated rings. The van der Waals surface area contributed by atoms with Crippen molar-refractivity contribution in [2.24, 2.45) is 0 Å². The van der Waals surface area contributed by atoms with Crippen molar-refractivity contribution in [2.75, 3.05) is 6.61 Å². The van der Waals surface area contributed by atoms with Gasteiger partial charge in [-0.25, -0.2) is 15.0 Å². The Morgan fingerprint density at radius 1 is 1.09 bits per heavy atom. The summed E-state index contributed by atoms with van der Waals surface area (Å²) in [6, 6.07) is 4.85. The van der Waals surface area contributed by atoms with Gasteiger partial charge in [-0.3, -0.25) is 4.57 Å². The van der Waals surface area contributed by atoms with Crippen LogP contribution in [0.15, 0.2) is 36.9 Å². The molecule has 0 aliphatic carbocycles. The van der Waals surface area contributed by atoms with Gasteiger partial charge in [-0.05, 0) is 31.5 Å². The lowest BCUT2D eigenvalue weighted by molar-refractivity contribution is -0.202. The lowest BCUT2D eigenvalue weighted by Gasteiger charge is -2.24. The Bertz CT molecular complexity index is 1150. The monoisotopic (exact) mass is 484 g/mol. The summed E-state index contributed by atoms with van der Waals surface area (Å²) in [5, 5.41) is 0.230.